The number of ether oxygens (including phenoxy) is 1. The number of carbonyl (C=O) groups excluding carboxylic acids is 1. The third kappa shape index (κ3) is 5.68. The Labute approximate surface area is 227 Å². The summed E-state index contributed by atoms with van der Waals surface area (Å²) in [6, 6.07) is 13.1. The van der Waals surface area contributed by atoms with Crippen LogP contribution in [-0.2, 0) is 11.2 Å². The number of thiophene rings is 1. The highest BCUT2D eigenvalue weighted by molar-refractivity contribution is 9.10. The van der Waals surface area contributed by atoms with Crippen LogP contribution in [0.2, 0.25) is 0 Å². The largest absolute Gasteiger partial charge is 0.494 e. The van der Waals surface area contributed by atoms with Gasteiger partial charge in [-0.25, -0.2) is 4.98 Å². The van der Waals surface area contributed by atoms with Crippen LogP contribution < -0.4 is 15.6 Å². The van der Waals surface area contributed by atoms with E-state index in [2.05, 4.69) is 28.2 Å². The quantitative estimate of drug-likeness (QED) is 0.171. The van der Waals surface area contributed by atoms with E-state index in [1.807, 2.05) is 63.2 Å². The number of aryl methyl sites for hydroxylation is 3. The number of amides is 1. The first-order chi connectivity index (χ1) is 17.3. The molecule has 0 unspecified atom stereocenters. The molecule has 9 heteroatoms. The number of aromatic nitrogens is 2. The minimum atomic E-state index is -0.160. The van der Waals surface area contributed by atoms with Gasteiger partial charge in [0, 0.05) is 15.0 Å². The molecule has 0 saturated heterocycles. The van der Waals surface area contributed by atoms with E-state index in [0.717, 1.165) is 44.7 Å². The summed E-state index contributed by atoms with van der Waals surface area (Å²) < 4.78 is 8.13. The smallest absolute Gasteiger partial charge is 0.267 e. The number of hydrogen-bond acceptors (Lipinski definition) is 6. The number of anilines is 1. The normalized spacial score (nSPS) is 11.1. The van der Waals surface area contributed by atoms with Crippen molar-refractivity contribution in [1.29, 1.82) is 0 Å². The molecule has 6 nitrogen and oxygen atoms in total. The van der Waals surface area contributed by atoms with Crippen LogP contribution >= 0.6 is 39.0 Å². The summed E-state index contributed by atoms with van der Waals surface area (Å²) in [5.74, 6) is 0.696. The topological polar surface area (TPSA) is 73.2 Å². The van der Waals surface area contributed by atoms with E-state index in [1.165, 1.54) is 16.6 Å². The van der Waals surface area contributed by atoms with Gasteiger partial charge in [0.05, 0.1) is 23.4 Å². The number of fused-ring (bicyclic) bond motifs is 1. The van der Waals surface area contributed by atoms with Crippen LogP contribution in [0.25, 0.3) is 15.9 Å². The van der Waals surface area contributed by atoms with Crippen molar-refractivity contribution in [3.05, 3.63) is 73.3 Å². The second-order valence-corrected chi connectivity index (χ2v) is 11.3. The molecule has 4 rings (SSSR count). The average Bonchev–Trinajstić information content (AvgIpc) is 3.16. The Morgan fingerprint density at radius 1 is 1.17 bits per heavy atom. The van der Waals surface area contributed by atoms with Crippen molar-refractivity contribution >= 4 is 60.8 Å². The lowest BCUT2D eigenvalue weighted by atomic mass is 10.1. The van der Waals surface area contributed by atoms with Gasteiger partial charge in [0.15, 0.2) is 5.16 Å². The fourth-order valence-corrected chi connectivity index (χ4v) is 6.55. The maximum atomic E-state index is 13.8. The van der Waals surface area contributed by atoms with E-state index >= 15 is 0 Å². The molecule has 1 amide bonds. The molecule has 1 N–H and O–H groups in total. The molecule has 0 aliphatic heterocycles. The Hall–Kier alpha value is -2.62. The highest BCUT2D eigenvalue weighted by Gasteiger charge is 2.20. The molecule has 0 fully saturated rings. The molecule has 0 spiro atoms. The summed E-state index contributed by atoms with van der Waals surface area (Å²) in [6.07, 6.45) is 1.91. The van der Waals surface area contributed by atoms with Gasteiger partial charge >= 0.3 is 0 Å². The lowest BCUT2D eigenvalue weighted by Gasteiger charge is -2.13. The van der Waals surface area contributed by atoms with Crippen LogP contribution in [0.1, 0.15) is 36.3 Å². The first kappa shape index (κ1) is 26.4. The Morgan fingerprint density at radius 3 is 2.58 bits per heavy atom. The average molecular weight is 587 g/mol. The molecule has 0 bridgehead atoms. The van der Waals surface area contributed by atoms with Gasteiger partial charge in [0.1, 0.15) is 10.6 Å². The molecule has 188 valence electrons. The standard InChI is InChI=1S/C27H28BrN3O3S2/c1-5-7-22-17(4)24-25(36-22)30-27(31(26(24)33)19-9-11-20(12-10-19)34-6-2)35-15-23(32)29-21-13-8-18(28)14-16(21)3/h8-14H,5-7,15H2,1-4H3,(H,29,32). The second kappa shape index (κ2) is 11.6. The second-order valence-electron chi connectivity index (χ2n) is 8.34. The van der Waals surface area contributed by atoms with Crippen molar-refractivity contribution in [1.82, 2.24) is 9.55 Å². The number of hydrogen-bond donors (Lipinski definition) is 1. The van der Waals surface area contributed by atoms with Gasteiger partial charge < -0.3 is 10.1 Å². The summed E-state index contributed by atoms with van der Waals surface area (Å²) in [4.78, 5) is 33.4. The Morgan fingerprint density at radius 2 is 1.92 bits per heavy atom. The van der Waals surface area contributed by atoms with Gasteiger partial charge in [-0.3, -0.25) is 14.2 Å². The first-order valence-corrected chi connectivity index (χ1v) is 14.4. The van der Waals surface area contributed by atoms with E-state index in [9.17, 15) is 9.59 Å². The zero-order valence-electron chi connectivity index (χ0n) is 20.7. The molecule has 0 aliphatic carbocycles. The molecule has 0 saturated carbocycles. The molecule has 0 radical (unpaired) electrons. The Kier molecular flexibility index (Phi) is 8.54. The molecular formula is C27H28BrN3O3S2. The third-order valence-electron chi connectivity index (χ3n) is 5.71. The summed E-state index contributed by atoms with van der Waals surface area (Å²) in [7, 11) is 0. The molecule has 36 heavy (non-hydrogen) atoms. The number of nitrogens with one attached hydrogen (secondary N) is 1. The number of rotatable bonds is 9. The summed E-state index contributed by atoms with van der Waals surface area (Å²) in [6.45, 7) is 8.56. The van der Waals surface area contributed by atoms with Crippen molar-refractivity contribution in [2.45, 2.75) is 45.7 Å². The summed E-state index contributed by atoms with van der Waals surface area (Å²) in [5.41, 5.74) is 3.29. The van der Waals surface area contributed by atoms with Crippen molar-refractivity contribution < 1.29 is 9.53 Å². The predicted molar refractivity (Wildman–Crippen MR) is 153 cm³/mol. The molecule has 2 heterocycles. The zero-order valence-corrected chi connectivity index (χ0v) is 23.9. The maximum Gasteiger partial charge on any atom is 0.267 e. The predicted octanol–water partition coefficient (Wildman–Crippen LogP) is 6.91. The maximum absolute atomic E-state index is 13.8. The number of benzene rings is 2. The van der Waals surface area contributed by atoms with Crippen molar-refractivity contribution in [2.75, 3.05) is 17.7 Å². The van der Waals surface area contributed by atoms with Crippen molar-refractivity contribution in [3.8, 4) is 11.4 Å². The van der Waals surface area contributed by atoms with E-state index < -0.39 is 0 Å². The fourth-order valence-electron chi connectivity index (χ4n) is 3.94. The van der Waals surface area contributed by atoms with Gasteiger partial charge in [-0.15, -0.1) is 11.3 Å². The zero-order chi connectivity index (χ0) is 25.8. The highest BCUT2D eigenvalue weighted by atomic mass is 79.9. The molecule has 0 atom stereocenters. The minimum Gasteiger partial charge on any atom is -0.494 e. The molecule has 0 aliphatic rings. The molecule has 2 aromatic heterocycles. The third-order valence-corrected chi connectivity index (χ3v) is 8.39. The number of nitrogens with zero attached hydrogens (tertiary/aromatic N) is 2. The van der Waals surface area contributed by atoms with Gasteiger partial charge in [-0.1, -0.05) is 41.0 Å². The highest BCUT2D eigenvalue weighted by Crippen LogP contribution is 2.31. The number of thioether (sulfide) groups is 1. The van der Waals surface area contributed by atoms with Crippen LogP contribution in [0.5, 0.6) is 5.75 Å². The van der Waals surface area contributed by atoms with Gasteiger partial charge in [-0.05, 0) is 80.8 Å². The molecule has 2 aromatic carbocycles. The summed E-state index contributed by atoms with van der Waals surface area (Å²) >= 11 is 6.27. The van der Waals surface area contributed by atoms with Crippen LogP contribution in [0.4, 0.5) is 5.69 Å². The van der Waals surface area contributed by atoms with E-state index in [-0.39, 0.29) is 17.2 Å². The minimum absolute atomic E-state index is 0.119. The fraction of sp³-hybridized carbons (Fsp3) is 0.296. The lowest BCUT2D eigenvalue weighted by Crippen LogP contribution is -2.23. The monoisotopic (exact) mass is 585 g/mol. The van der Waals surface area contributed by atoms with Crippen LogP contribution in [0.3, 0.4) is 0 Å². The van der Waals surface area contributed by atoms with Crippen molar-refractivity contribution in [2.24, 2.45) is 0 Å². The van der Waals surface area contributed by atoms with Crippen LogP contribution in [0, 0.1) is 13.8 Å². The SMILES string of the molecule is CCCc1sc2nc(SCC(=O)Nc3ccc(Br)cc3C)n(-c3ccc(OCC)cc3)c(=O)c2c1C. The molecular weight excluding hydrogens is 558 g/mol. The lowest BCUT2D eigenvalue weighted by molar-refractivity contribution is -0.113. The Balaban J connectivity index is 1.71. The number of carbonyl (C=O) groups is 1. The van der Waals surface area contributed by atoms with Gasteiger partial charge in [0.2, 0.25) is 5.91 Å². The van der Waals surface area contributed by atoms with Crippen molar-refractivity contribution in [3.63, 3.8) is 0 Å². The van der Waals surface area contributed by atoms with E-state index in [1.54, 1.807) is 15.9 Å². The van der Waals surface area contributed by atoms with Crippen LogP contribution in [0.15, 0.2) is 56.9 Å². The van der Waals surface area contributed by atoms with Gasteiger partial charge in [-0.2, -0.15) is 0 Å². The van der Waals surface area contributed by atoms with E-state index in [4.69, 9.17) is 9.72 Å². The summed E-state index contributed by atoms with van der Waals surface area (Å²) in [5, 5.41) is 4.10. The molecule has 4 aromatic rings. The van der Waals surface area contributed by atoms with E-state index in [0.29, 0.717) is 22.8 Å². The van der Waals surface area contributed by atoms with Crippen LogP contribution in [-0.4, -0.2) is 27.8 Å². The van der Waals surface area contributed by atoms with Gasteiger partial charge in [0.25, 0.3) is 5.56 Å². The Bertz CT molecular complexity index is 1460. The first-order valence-electron chi connectivity index (χ1n) is 11.8. The number of halogens is 1.